The van der Waals surface area contributed by atoms with Crippen molar-refractivity contribution in [3.05, 3.63) is 11.2 Å². The average Bonchev–Trinajstić information content (AvgIpc) is 3.03. The number of aryl methyl sites for hydroxylation is 1. The molecule has 3 rings (SSSR count). The molecule has 2 aliphatic rings. The van der Waals surface area contributed by atoms with Crippen LogP contribution in [0.2, 0.25) is 5.02 Å². The summed E-state index contributed by atoms with van der Waals surface area (Å²) in [5, 5.41) is 11.2. The van der Waals surface area contributed by atoms with Crippen molar-refractivity contribution in [3.8, 4) is 0 Å². The van der Waals surface area contributed by atoms with Crippen LogP contribution in [0, 0.1) is 5.41 Å². The first-order chi connectivity index (χ1) is 9.65. The Hall–Kier alpha value is -1.07. The van der Waals surface area contributed by atoms with E-state index in [1.807, 2.05) is 6.92 Å². The minimum Gasteiger partial charge on any atom is -0.313 e. The largest absolute Gasteiger partial charge is 0.313 e. The summed E-state index contributed by atoms with van der Waals surface area (Å²) in [7, 11) is 0. The second-order valence-corrected chi connectivity index (χ2v) is 6.20. The van der Waals surface area contributed by atoms with Crippen LogP contribution >= 0.6 is 11.6 Å². The molecule has 5 nitrogen and oxygen atoms in total. The summed E-state index contributed by atoms with van der Waals surface area (Å²) in [5.41, 5.74) is -0.266. The number of amides is 1. The fourth-order valence-electron chi connectivity index (χ4n) is 3.57. The topological polar surface area (TPSA) is 59.0 Å². The van der Waals surface area contributed by atoms with Gasteiger partial charge in [-0.15, -0.1) is 0 Å². The highest BCUT2D eigenvalue weighted by atomic mass is 35.5. The zero-order valence-corrected chi connectivity index (χ0v) is 12.5. The number of nitrogens with zero attached hydrogens (tertiary/aromatic N) is 2. The van der Waals surface area contributed by atoms with Crippen LogP contribution in [0.4, 0.5) is 5.82 Å². The lowest BCUT2D eigenvalue weighted by Crippen LogP contribution is -2.47. The fraction of sp³-hybridized carbons (Fsp3) is 0.714. The van der Waals surface area contributed by atoms with Crippen LogP contribution in [-0.4, -0.2) is 28.3 Å². The number of anilines is 1. The zero-order chi connectivity index (χ0) is 14.2. The molecule has 20 heavy (non-hydrogen) atoms. The van der Waals surface area contributed by atoms with Crippen LogP contribution in [0.25, 0.3) is 0 Å². The lowest BCUT2D eigenvalue weighted by atomic mass is 9.70. The maximum Gasteiger partial charge on any atom is 0.233 e. The minimum atomic E-state index is -0.266. The standard InChI is InChI=1S/C14H21ClN4O/c1-2-19-9-10(15)12(18-19)17-13(20)14-6-4-3-5-11(14)16-8-7-14/h9,11,16H,2-8H2,1H3,(H,17,18,20)/t11-,14+/m0/s1. The van der Waals surface area contributed by atoms with Gasteiger partial charge in [0, 0.05) is 18.8 Å². The van der Waals surface area contributed by atoms with Gasteiger partial charge in [0.25, 0.3) is 0 Å². The third-order valence-electron chi connectivity index (χ3n) is 4.72. The van der Waals surface area contributed by atoms with Crippen molar-refractivity contribution in [1.82, 2.24) is 15.1 Å². The molecule has 2 heterocycles. The van der Waals surface area contributed by atoms with E-state index in [1.165, 1.54) is 6.42 Å². The summed E-state index contributed by atoms with van der Waals surface area (Å²) in [6.45, 7) is 3.66. The number of aromatic nitrogens is 2. The second-order valence-electron chi connectivity index (χ2n) is 5.79. The first kappa shape index (κ1) is 13.9. The molecule has 1 aromatic rings. The van der Waals surface area contributed by atoms with Crippen LogP contribution in [0.1, 0.15) is 39.0 Å². The predicted octanol–water partition coefficient (Wildman–Crippen LogP) is 2.42. The van der Waals surface area contributed by atoms with Crippen molar-refractivity contribution in [1.29, 1.82) is 0 Å². The van der Waals surface area contributed by atoms with Gasteiger partial charge in [0.15, 0.2) is 5.82 Å². The highest BCUT2D eigenvalue weighted by molar-refractivity contribution is 6.33. The van der Waals surface area contributed by atoms with Gasteiger partial charge in [-0.25, -0.2) is 0 Å². The van der Waals surface area contributed by atoms with Gasteiger partial charge in [-0.1, -0.05) is 24.4 Å². The number of hydrogen-bond acceptors (Lipinski definition) is 3. The average molecular weight is 297 g/mol. The SMILES string of the molecule is CCn1cc(Cl)c(NC(=O)[C@@]23CCCC[C@@H]2NCC3)n1. The molecule has 110 valence electrons. The van der Waals surface area contributed by atoms with Crippen molar-refractivity contribution >= 4 is 23.3 Å². The summed E-state index contributed by atoms with van der Waals surface area (Å²) in [5.74, 6) is 0.569. The van der Waals surface area contributed by atoms with Crippen LogP contribution in [0.5, 0.6) is 0 Å². The van der Waals surface area contributed by atoms with Crippen molar-refractivity contribution < 1.29 is 4.79 Å². The molecule has 0 spiro atoms. The molecule has 2 N–H and O–H groups in total. The van der Waals surface area contributed by atoms with E-state index >= 15 is 0 Å². The first-order valence-electron chi connectivity index (χ1n) is 7.43. The Balaban J connectivity index is 1.79. The number of hydrogen-bond donors (Lipinski definition) is 2. The third kappa shape index (κ3) is 2.23. The summed E-state index contributed by atoms with van der Waals surface area (Å²) < 4.78 is 1.74. The van der Waals surface area contributed by atoms with E-state index in [0.717, 1.165) is 38.8 Å². The zero-order valence-electron chi connectivity index (χ0n) is 11.8. The lowest BCUT2D eigenvalue weighted by Gasteiger charge is -2.37. The lowest BCUT2D eigenvalue weighted by molar-refractivity contribution is -0.127. The highest BCUT2D eigenvalue weighted by Crippen LogP contribution is 2.43. The highest BCUT2D eigenvalue weighted by Gasteiger charge is 2.49. The molecule has 1 amide bonds. The molecule has 1 aliphatic carbocycles. The number of carbonyl (C=O) groups excluding carboxylic acids is 1. The van der Waals surface area contributed by atoms with Crippen molar-refractivity contribution in [2.24, 2.45) is 5.41 Å². The van der Waals surface area contributed by atoms with Gasteiger partial charge < -0.3 is 10.6 Å². The van der Waals surface area contributed by atoms with Crippen molar-refractivity contribution in [3.63, 3.8) is 0 Å². The van der Waals surface area contributed by atoms with E-state index < -0.39 is 0 Å². The fourth-order valence-corrected chi connectivity index (χ4v) is 3.76. The molecule has 1 aliphatic heterocycles. The van der Waals surface area contributed by atoms with Crippen LogP contribution in [0.3, 0.4) is 0 Å². The summed E-state index contributed by atoms with van der Waals surface area (Å²) >= 11 is 6.13. The van der Waals surface area contributed by atoms with E-state index in [0.29, 0.717) is 16.9 Å². The third-order valence-corrected chi connectivity index (χ3v) is 5.00. The maximum atomic E-state index is 12.8. The number of fused-ring (bicyclic) bond motifs is 1. The predicted molar refractivity (Wildman–Crippen MR) is 78.8 cm³/mol. The summed E-state index contributed by atoms with van der Waals surface area (Å²) in [4.78, 5) is 12.8. The second kappa shape index (κ2) is 5.37. The van der Waals surface area contributed by atoms with Gasteiger partial charge in [0.05, 0.1) is 5.41 Å². The minimum absolute atomic E-state index is 0.0791. The molecule has 0 aromatic carbocycles. The Labute approximate surface area is 124 Å². The van der Waals surface area contributed by atoms with Gasteiger partial charge in [-0.2, -0.15) is 5.10 Å². The summed E-state index contributed by atoms with van der Waals surface area (Å²) in [6, 6.07) is 0.309. The van der Waals surface area contributed by atoms with E-state index in [4.69, 9.17) is 11.6 Å². The van der Waals surface area contributed by atoms with Crippen molar-refractivity contribution in [2.75, 3.05) is 11.9 Å². The molecule has 1 saturated heterocycles. The molecule has 0 unspecified atom stereocenters. The Morgan fingerprint density at radius 1 is 1.60 bits per heavy atom. The van der Waals surface area contributed by atoms with Crippen LogP contribution < -0.4 is 10.6 Å². The summed E-state index contributed by atoms with van der Waals surface area (Å²) in [6.07, 6.45) is 7.05. The molecule has 2 atom stereocenters. The molecule has 1 saturated carbocycles. The van der Waals surface area contributed by atoms with E-state index in [1.54, 1.807) is 10.9 Å². The van der Waals surface area contributed by atoms with Crippen molar-refractivity contribution in [2.45, 2.75) is 51.6 Å². The quantitative estimate of drug-likeness (QED) is 0.900. The van der Waals surface area contributed by atoms with E-state index in [2.05, 4.69) is 15.7 Å². The van der Waals surface area contributed by atoms with Crippen LogP contribution in [0.15, 0.2) is 6.20 Å². The molecular weight excluding hydrogens is 276 g/mol. The number of nitrogens with one attached hydrogen (secondary N) is 2. The monoisotopic (exact) mass is 296 g/mol. The molecule has 6 heteroatoms. The maximum absolute atomic E-state index is 12.8. The molecule has 2 fully saturated rings. The van der Waals surface area contributed by atoms with E-state index in [9.17, 15) is 4.79 Å². The Morgan fingerprint density at radius 2 is 2.45 bits per heavy atom. The van der Waals surface area contributed by atoms with Gasteiger partial charge in [-0.05, 0) is 32.7 Å². The Morgan fingerprint density at radius 3 is 3.20 bits per heavy atom. The van der Waals surface area contributed by atoms with Gasteiger partial charge >= 0.3 is 0 Å². The van der Waals surface area contributed by atoms with Gasteiger partial charge in [0.1, 0.15) is 5.02 Å². The molecular formula is C14H21ClN4O. The van der Waals surface area contributed by atoms with Gasteiger partial charge in [0.2, 0.25) is 5.91 Å². The molecule has 0 bridgehead atoms. The van der Waals surface area contributed by atoms with Gasteiger partial charge in [-0.3, -0.25) is 9.48 Å². The first-order valence-corrected chi connectivity index (χ1v) is 7.81. The number of rotatable bonds is 3. The van der Waals surface area contributed by atoms with E-state index in [-0.39, 0.29) is 11.3 Å². The number of carbonyl (C=O) groups is 1. The molecule has 1 aromatic heterocycles. The Kier molecular flexibility index (Phi) is 3.73. The number of halogens is 1. The smallest absolute Gasteiger partial charge is 0.233 e. The molecule has 0 radical (unpaired) electrons. The van der Waals surface area contributed by atoms with Crippen LogP contribution in [-0.2, 0) is 11.3 Å². The normalized spacial score (nSPS) is 29.2. The Bertz CT molecular complexity index is 515.